The molecule has 0 spiro atoms. The molecule has 5 N–H and O–H groups in total. The number of nitriles is 1. The van der Waals surface area contributed by atoms with Gasteiger partial charge in [-0.3, -0.25) is 15.6 Å². The maximum Gasteiger partial charge on any atom is 0.221 e. The minimum atomic E-state index is -0.403. The van der Waals surface area contributed by atoms with Gasteiger partial charge in [0.2, 0.25) is 11.6 Å². The fourth-order valence-electron chi connectivity index (χ4n) is 1.10. The summed E-state index contributed by atoms with van der Waals surface area (Å²) in [6.07, 6.45) is 0. The molecule has 1 aromatic rings. The summed E-state index contributed by atoms with van der Waals surface area (Å²) in [5, 5.41) is 22.0. The lowest BCUT2D eigenvalue weighted by Gasteiger charge is -2.04. The quantitative estimate of drug-likeness (QED) is 0.356. The standard InChI is InChI=1S/C11H12N6O/c1-7(18)15-8-2-4-9(5-3-8)16-17-10(6-12)11(13)14/h2-5,16H,1H3,(H3,13,14)(H,15,18)/b17-10+. The van der Waals surface area contributed by atoms with Crippen LogP contribution in [-0.4, -0.2) is 17.5 Å². The fourth-order valence-corrected chi connectivity index (χ4v) is 1.10. The third-order valence-corrected chi connectivity index (χ3v) is 1.86. The Balaban J connectivity index is 2.73. The lowest BCUT2D eigenvalue weighted by molar-refractivity contribution is -0.114. The Kier molecular flexibility index (Phi) is 4.40. The normalized spacial score (nSPS) is 10.3. The maximum absolute atomic E-state index is 10.8. The average molecular weight is 244 g/mol. The van der Waals surface area contributed by atoms with Gasteiger partial charge in [0, 0.05) is 12.6 Å². The first kappa shape index (κ1) is 13.2. The van der Waals surface area contributed by atoms with Crippen molar-refractivity contribution in [1.82, 2.24) is 0 Å². The van der Waals surface area contributed by atoms with Gasteiger partial charge in [-0.05, 0) is 24.3 Å². The summed E-state index contributed by atoms with van der Waals surface area (Å²) >= 11 is 0. The molecule has 0 aliphatic carbocycles. The maximum atomic E-state index is 10.8. The Labute approximate surface area is 104 Å². The van der Waals surface area contributed by atoms with Crippen LogP contribution in [0, 0.1) is 16.7 Å². The van der Waals surface area contributed by atoms with Crippen molar-refractivity contribution in [2.75, 3.05) is 10.7 Å². The van der Waals surface area contributed by atoms with E-state index >= 15 is 0 Å². The molecule has 1 aromatic carbocycles. The van der Waals surface area contributed by atoms with E-state index in [1.54, 1.807) is 30.3 Å². The number of hydrogen-bond acceptors (Lipinski definition) is 5. The van der Waals surface area contributed by atoms with Crippen molar-refractivity contribution < 1.29 is 4.79 Å². The van der Waals surface area contributed by atoms with E-state index in [0.29, 0.717) is 11.4 Å². The van der Waals surface area contributed by atoms with Crippen LogP contribution in [-0.2, 0) is 4.79 Å². The summed E-state index contributed by atoms with van der Waals surface area (Å²) in [6.45, 7) is 1.42. The molecule has 0 heterocycles. The first-order chi connectivity index (χ1) is 8.52. The molecule has 0 atom stereocenters. The van der Waals surface area contributed by atoms with E-state index in [2.05, 4.69) is 15.8 Å². The number of nitrogens with zero attached hydrogens (tertiary/aromatic N) is 2. The van der Waals surface area contributed by atoms with Gasteiger partial charge in [0.05, 0.1) is 5.69 Å². The number of carbonyl (C=O) groups excluding carboxylic acids is 1. The van der Waals surface area contributed by atoms with Gasteiger partial charge in [-0.1, -0.05) is 0 Å². The number of anilines is 2. The van der Waals surface area contributed by atoms with Crippen molar-refractivity contribution in [2.45, 2.75) is 6.92 Å². The fraction of sp³-hybridized carbons (Fsp3) is 0.0909. The molecule has 0 unspecified atom stereocenters. The molecule has 92 valence electrons. The Hall–Kier alpha value is -2.88. The van der Waals surface area contributed by atoms with Crippen LogP contribution < -0.4 is 16.5 Å². The summed E-state index contributed by atoms with van der Waals surface area (Å²) in [4.78, 5) is 10.8. The van der Waals surface area contributed by atoms with Gasteiger partial charge in [0.25, 0.3) is 0 Å². The highest BCUT2D eigenvalue weighted by molar-refractivity contribution is 6.45. The van der Waals surface area contributed by atoms with E-state index in [9.17, 15) is 4.79 Å². The van der Waals surface area contributed by atoms with Crippen LogP contribution >= 0.6 is 0 Å². The van der Waals surface area contributed by atoms with E-state index in [1.807, 2.05) is 0 Å². The van der Waals surface area contributed by atoms with Gasteiger partial charge < -0.3 is 11.1 Å². The van der Waals surface area contributed by atoms with Crippen LogP contribution in [0.4, 0.5) is 11.4 Å². The van der Waals surface area contributed by atoms with E-state index in [0.717, 1.165) is 0 Å². The monoisotopic (exact) mass is 244 g/mol. The number of hydrogen-bond donors (Lipinski definition) is 4. The second-order valence-electron chi connectivity index (χ2n) is 3.36. The number of nitrogens with one attached hydrogen (secondary N) is 3. The number of benzene rings is 1. The van der Waals surface area contributed by atoms with E-state index in [4.69, 9.17) is 16.4 Å². The van der Waals surface area contributed by atoms with Crippen molar-refractivity contribution in [2.24, 2.45) is 10.8 Å². The van der Waals surface area contributed by atoms with Gasteiger partial charge in [-0.25, -0.2) is 0 Å². The van der Waals surface area contributed by atoms with E-state index in [-0.39, 0.29) is 11.6 Å². The summed E-state index contributed by atoms with van der Waals surface area (Å²) in [7, 11) is 0. The zero-order valence-corrected chi connectivity index (χ0v) is 9.69. The number of amides is 1. The average Bonchev–Trinajstić information content (AvgIpc) is 2.31. The van der Waals surface area contributed by atoms with Crippen LogP contribution in [0.3, 0.4) is 0 Å². The molecule has 0 saturated carbocycles. The second-order valence-corrected chi connectivity index (χ2v) is 3.36. The predicted octanol–water partition coefficient (Wildman–Crippen LogP) is 0.872. The van der Waals surface area contributed by atoms with Crippen molar-refractivity contribution in [3.05, 3.63) is 24.3 Å². The first-order valence-corrected chi connectivity index (χ1v) is 4.98. The van der Waals surface area contributed by atoms with Gasteiger partial charge in [0.15, 0.2) is 5.84 Å². The number of carbonyl (C=O) groups is 1. The van der Waals surface area contributed by atoms with Gasteiger partial charge in [-0.2, -0.15) is 10.4 Å². The molecule has 0 fully saturated rings. The highest BCUT2D eigenvalue weighted by Gasteiger charge is 2.01. The molecular weight excluding hydrogens is 232 g/mol. The lowest BCUT2D eigenvalue weighted by Crippen LogP contribution is -2.21. The molecule has 1 rings (SSSR count). The van der Waals surface area contributed by atoms with Gasteiger partial charge in [-0.15, -0.1) is 0 Å². The van der Waals surface area contributed by atoms with Crippen molar-refractivity contribution in [3.8, 4) is 6.07 Å². The lowest BCUT2D eigenvalue weighted by atomic mass is 10.3. The number of nitrogens with two attached hydrogens (primary N) is 1. The van der Waals surface area contributed by atoms with E-state index < -0.39 is 5.84 Å². The molecule has 0 bridgehead atoms. The molecule has 1 amide bonds. The molecule has 0 saturated heterocycles. The first-order valence-electron chi connectivity index (χ1n) is 4.98. The topological polar surface area (TPSA) is 127 Å². The number of amidine groups is 1. The molecule has 0 radical (unpaired) electrons. The van der Waals surface area contributed by atoms with Crippen LogP contribution in [0.5, 0.6) is 0 Å². The molecule has 7 heteroatoms. The number of hydrazone groups is 1. The Morgan fingerprint density at radius 2 is 1.94 bits per heavy atom. The molecular formula is C11H12N6O. The van der Waals surface area contributed by atoms with Crippen LogP contribution in [0.25, 0.3) is 0 Å². The Morgan fingerprint density at radius 3 is 2.39 bits per heavy atom. The minimum Gasteiger partial charge on any atom is -0.382 e. The predicted molar refractivity (Wildman–Crippen MR) is 69.3 cm³/mol. The summed E-state index contributed by atoms with van der Waals surface area (Å²) in [5.41, 5.74) is 8.79. The summed E-state index contributed by atoms with van der Waals surface area (Å²) in [6, 6.07) is 8.39. The molecule has 0 aliphatic rings. The molecule has 0 aliphatic heterocycles. The zero-order valence-electron chi connectivity index (χ0n) is 9.69. The van der Waals surface area contributed by atoms with Crippen LogP contribution in [0.2, 0.25) is 0 Å². The largest absolute Gasteiger partial charge is 0.382 e. The van der Waals surface area contributed by atoms with Gasteiger partial charge >= 0.3 is 0 Å². The second kappa shape index (κ2) is 6.00. The van der Waals surface area contributed by atoms with Crippen LogP contribution in [0.1, 0.15) is 6.92 Å². The third kappa shape index (κ3) is 3.94. The Bertz CT molecular complexity index is 525. The third-order valence-electron chi connectivity index (χ3n) is 1.86. The highest BCUT2D eigenvalue weighted by Crippen LogP contribution is 2.13. The Morgan fingerprint density at radius 1 is 1.39 bits per heavy atom. The summed E-state index contributed by atoms with van der Waals surface area (Å²) < 4.78 is 0. The smallest absolute Gasteiger partial charge is 0.221 e. The van der Waals surface area contributed by atoms with Crippen LogP contribution in [0.15, 0.2) is 29.4 Å². The number of rotatable bonds is 4. The molecule has 18 heavy (non-hydrogen) atoms. The minimum absolute atomic E-state index is 0.155. The zero-order chi connectivity index (χ0) is 13.5. The molecule has 7 nitrogen and oxygen atoms in total. The summed E-state index contributed by atoms with van der Waals surface area (Å²) in [5.74, 6) is -0.558. The van der Waals surface area contributed by atoms with Crippen molar-refractivity contribution in [1.29, 1.82) is 10.7 Å². The SMILES string of the molecule is CC(=O)Nc1ccc(N/N=C(\C#N)C(=N)N)cc1. The van der Waals surface area contributed by atoms with Gasteiger partial charge in [0.1, 0.15) is 6.07 Å². The molecule has 0 aromatic heterocycles. The van der Waals surface area contributed by atoms with Crippen molar-refractivity contribution >= 4 is 28.8 Å². The highest BCUT2D eigenvalue weighted by atomic mass is 16.1. The van der Waals surface area contributed by atoms with Crippen molar-refractivity contribution in [3.63, 3.8) is 0 Å². The van der Waals surface area contributed by atoms with E-state index in [1.165, 1.54) is 6.92 Å².